The summed E-state index contributed by atoms with van der Waals surface area (Å²) < 4.78 is 4.78. The zero-order chi connectivity index (χ0) is 8.10. The largest absolute Gasteiger partial charge is 0.457 e. The van der Waals surface area contributed by atoms with Gasteiger partial charge in [-0.3, -0.25) is 4.79 Å². The highest BCUT2D eigenvalue weighted by molar-refractivity contribution is 6.20. The number of rotatable bonds is 2. The lowest BCUT2D eigenvalue weighted by Gasteiger charge is -2.16. The molecule has 0 saturated heterocycles. The van der Waals surface area contributed by atoms with E-state index in [0.29, 0.717) is 0 Å². The van der Waals surface area contributed by atoms with Crippen LogP contribution in [0.25, 0.3) is 0 Å². The van der Waals surface area contributed by atoms with Gasteiger partial charge >= 0.3 is 5.97 Å². The standard InChI is InChI=1S/C8H10O3/c9-6-8(10)11-7-4-2-1-3-5-7/h1-2,6-7H,3-5H2. The smallest absolute Gasteiger partial charge is 0.371 e. The number of hydrogen-bond donors (Lipinski definition) is 0. The van der Waals surface area contributed by atoms with Gasteiger partial charge in [-0.25, -0.2) is 4.79 Å². The number of esters is 1. The zero-order valence-electron chi connectivity index (χ0n) is 6.16. The maximum absolute atomic E-state index is 10.5. The molecule has 1 aliphatic carbocycles. The van der Waals surface area contributed by atoms with Crippen molar-refractivity contribution in [3.8, 4) is 0 Å². The van der Waals surface area contributed by atoms with Crippen LogP contribution in [0, 0.1) is 0 Å². The van der Waals surface area contributed by atoms with Crippen LogP contribution in [0.5, 0.6) is 0 Å². The second-order valence-corrected chi connectivity index (χ2v) is 2.46. The average Bonchev–Trinajstić information content (AvgIpc) is 2.06. The fourth-order valence-corrected chi connectivity index (χ4v) is 1.06. The number of carbonyl (C=O) groups excluding carboxylic acids is 2. The fourth-order valence-electron chi connectivity index (χ4n) is 1.06. The lowest BCUT2D eigenvalue weighted by molar-refractivity contribution is -0.153. The van der Waals surface area contributed by atoms with Crippen molar-refractivity contribution in [1.82, 2.24) is 0 Å². The predicted octanol–water partition coefficient (Wildman–Crippen LogP) is 0.837. The van der Waals surface area contributed by atoms with E-state index in [9.17, 15) is 9.59 Å². The van der Waals surface area contributed by atoms with Crippen molar-refractivity contribution in [2.24, 2.45) is 0 Å². The van der Waals surface area contributed by atoms with Gasteiger partial charge in [-0.2, -0.15) is 0 Å². The molecule has 0 heterocycles. The van der Waals surface area contributed by atoms with E-state index in [1.165, 1.54) is 0 Å². The van der Waals surface area contributed by atoms with Gasteiger partial charge in [0.2, 0.25) is 6.29 Å². The third-order valence-corrected chi connectivity index (χ3v) is 1.60. The van der Waals surface area contributed by atoms with Gasteiger partial charge in [-0.1, -0.05) is 12.2 Å². The van der Waals surface area contributed by atoms with Crippen LogP contribution in [0.4, 0.5) is 0 Å². The molecule has 0 aromatic carbocycles. The number of allylic oxidation sites excluding steroid dienone is 1. The van der Waals surface area contributed by atoms with E-state index in [0.717, 1.165) is 19.3 Å². The molecule has 0 aromatic rings. The molecule has 0 N–H and O–H groups in total. The first kappa shape index (κ1) is 7.98. The molecular weight excluding hydrogens is 144 g/mol. The quantitative estimate of drug-likeness (QED) is 0.256. The van der Waals surface area contributed by atoms with Crippen LogP contribution in [0.15, 0.2) is 12.2 Å². The van der Waals surface area contributed by atoms with Crippen molar-refractivity contribution in [3.05, 3.63) is 12.2 Å². The van der Waals surface area contributed by atoms with Crippen LogP contribution < -0.4 is 0 Å². The number of ether oxygens (including phenoxy) is 1. The van der Waals surface area contributed by atoms with Crippen molar-refractivity contribution >= 4 is 12.3 Å². The molecule has 0 bridgehead atoms. The Morgan fingerprint density at radius 2 is 2.36 bits per heavy atom. The molecule has 0 aliphatic heterocycles. The molecule has 1 rings (SSSR count). The Kier molecular flexibility index (Phi) is 2.83. The number of aldehydes is 1. The molecule has 3 nitrogen and oxygen atoms in total. The Labute approximate surface area is 65.0 Å². The van der Waals surface area contributed by atoms with E-state index < -0.39 is 5.97 Å². The molecule has 3 heteroatoms. The zero-order valence-corrected chi connectivity index (χ0v) is 6.16. The van der Waals surface area contributed by atoms with Crippen molar-refractivity contribution in [1.29, 1.82) is 0 Å². The van der Waals surface area contributed by atoms with Gasteiger partial charge in [-0.15, -0.1) is 0 Å². The summed E-state index contributed by atoms with van der Waals surface area (Å²) in [6.45, 7) is 0. The first-order valence-electron chi connectivity index (χ1n) is 3.63. The molecule has 0 spiro atoms. The Morgan fingerprint density at radius 1 is 1.55 bits per heavy atom. The molecular formula is C8H10O3. The first-order chi connectivity index (χ1) is 5.33. The van der Waals surface area contributed by atoms with Gasteiger partial charge in [0.25, 0.3) is 0 Å². The van der Waals surface area contributed by atoms with E-state index in [1.807, 2.05) is 12.2 Å². The van der Waals surface area contributed by atoms with Crippen LogP contribution in [0.1, 0.15) is 19.3 Å². The summed E-state index contributed by atoms with van der Waals surface area (Å²) in [5.74, 6) is -0.759. The maximum Gasteiger partial charge on any atom is 0.371 e. The third kappa shape index (κ3) is 2.53. The van der Waals surface area contributed by atoms with Gasteiger partial charge in [0.05, 0.1) is 0 Å². The topological polar surface area (TPSA) is 43.4 Å². The minimum Gasteiger partial charge on any atom is -0.457 e. The number of carbonyl (C=O) groups is 2. The van der Waals surface area contributed by atoms with E-state index >= 15 is 0 Å². The van der Waals surface area contributed by atoms with Gasteiger partial charge < -0.3 is 4.74 Å². The fraction of sp³-hybridized carbons (Fsp3) is 0.500. The second kappa shape index (κ2) is 3.91. The minimum atomic E-state index is -0.759. The molecule has 0 aromatic heterocycles. The highest BCUT2D eigenvalue weighted by Gasteiger charge is 2.13. The van der Waals surface area contributed by atoms with Gasteiger partial charge in [-0.05, 0) is 12.8 Å². The van der Waals surface area contributed by atoms with E-state index in [1.54, 1.807) is 0 Å². The van der Waals surface area contributed by atoms with Crippen molar-refractivity contribution < 1.29 is 14.3 Å². The Morgan fingerprint density at radius 3 is 2.91 bits per heavy atom. The van der Waals surface area contributed by atoms with Crippen LogP contribution in [-0.4, -0.2) is 18.4 Å². The summed E-state index contributed by atoms with van der Waals surface area (Å²) >= 11 is 0. The molecule has 1 unspecified atom stereocenters. The third-order valence-electron chi connectivity index (χ3n) is 1.60. The highest BCUT2D eigenvalue weighted by Crippen LogP contribution is 2.13. The molecule has 1 atom stereocenters. The molecule has 0 saturated carbocycles. The monoisotopic (exact) mass is 154 g/mol. The van der Waals surface area contributed by atoms with Crippen LogP contribution in [-0.2, 0) is 14.3 Å². The van der Waals surface area contributed by atoms with E-state index in [2.05, 4.69) is 0 Å². The Balaban J connectivity index is 2.31. The van der Waals surface area contributed by atoms with Crippen molar-refractivity contribution in [2.45, 2.75) is 25.4 Å². The van der Waals surface area contributed by atoms with Crippen LogP contribution in [0.3, 0.4) is 0 Å². The molecule has 1 aliphatic rings. The molecule has 11 heavy (non-hydrogen) atoms. The molecule has 0 fully saturated rings. The Bertz CT molecular complexity index is 184. The summed E-state index contributed by atoms with van der Waals surface area (Å²) in [5, 5.41) is 0. The highest BCUT2D eigenvalue weighted by atomic mass is 16.5. The average molecular weight is 154 g/mol. The summed E-state index contributed by atoms with van der Waals surface area (Å²) in [5.41, 5.74) is 0. The van der Waals surface area contributed by atoms with Crippen molar-refractivity contribution in [3.63, 3.8) is 0 Å². The molecule has 0 amide bonds. The van der Waals surface area contributed by atoms with Crippen LogP contribution in [0.2, 0.25) is 0 Å². The second-order valence-electron chi connectivity index (χ2n) is 2.46. The number of hydrogen-bond acceptors (Lipinski definition) is 3. The summed E-state index contributed by atoms with van der Waals surface area (Å²) in [7, 11) is 0. The van der Waals surface area contributed by atoms with E-state index in [4.69, 9.17) is 4.74 Å². The lowest BCUT2D eigenvalue weighted by Crippen LogP contribution is -2.19. The summed E-state index contributed by atoms with van der Waals surface area (Å²) in [6, 6.07) is 0. The van der Waals surface area contributed by atoms with E-state index in [-0.39, 0.29) is 12.4 Å². The molecule has 0 radical (unpaired) electrons. The summed E-state index contributed by atoms with van der Waals surface area (Å²) in [6.07, 6.45) is 6.63. The Hall–Kier alpha value is -1.12. The SMILES string of the molecule is O=CC(=O)OC1CC=CCC1. The van der Waals surface area contributed by atoms with Crippen molar-refractivity contribution in [2.75, 3.05) is 0 Å². The maximum atomic E-state index is 10.5. The molecule has 60 valence electrons. The van der Waals surface area contributed by atoms with Gasteiger partial charge in [0, 0.05) is 6.42 Å². The normalized spacial score (nSPS) is 22.7. The van der Waals surface area contributed by atoms with Crippen LogP contribution >= 0.6 is 0 Å². The predicted molar refractivity (Wildman–Crippen MR) is 38.9 cm³/mol. The van der Waals surface area contributed by atoms with Gasteiger partial charge in [0.1, 0.15) is 6.10 Å². The minimum absolute atomic E-state index is 0.0855. The first-order valence-corrected chi connectivity index (χ1v) is 3.63. The lowest BCUT2D eigenvalue weighted by atomic mass is 10.1. The van der Waals surface area contributed by atoms with Gasteiger partial charge in [0.15, 0.2) is 0 Å². The summed E-state index contributed by atoms with van der Waals surface area (Å²) in [4.78, 5) is 20.4.